The lowest BCUT2D eigenvalue weighted by Gasteiger charge is -2.20. The molecule has 1 unspecified atom stereocenters. The first-order valence-electron chi connectivity index (χ1n) is 13.0. The molecule has 2 heterocycles. The molecule has 1 atom stereocenters. The lowest BCUT2D eigenvalue weighted by atomic mass is 9.99. The number of carbonyl (C=O) groups is 1. The van der Waals surface area contributed by atoms with Crippen molar-refractivity contribution in [2.75, 3.05) is 19.8 Å². The third-order valence-electron chi connectivity index (χ3n) is 6.27. The normalized spacial score (nSPS) is 16.8. The Morgan fingerprint density at radius 1 is 1.08 bits per heavy atom. The molecule has 0 spiro atoms. The van der Waals surface area contributed by atoms with Gasteiger partial charge in [-0.2, -0.15) is 15.1 Å². The van der Waals surface area contributed by atoms with Crippen LogP contribution in [0.4, 0.5) is 0 Å². The average Bonchev–Trinajstić information content (AvgIpc) is 3.35. The molecule has 206 valence electrons. The zero-order valence-corrected chi connectivity index (χ0v) is 24.4. The standard InChI is InChI=1S/C29H33ClN4O4S/c1-6-18(5)20-8-10-21(11-9-20)37-12-13-38-25-23(30)15-19(16-24(25)36-7-2)14-22-26(31)34-29(32-27(22)35)39-28(33-34)17(3)4/h8-11,14-18,31H,6-7,12-13H2,1-5H3/b22-14-,31-26?. The second-order valence-corrected chi connectivity index (χ2v) is 10.8. The molecule has 2 aliphatic heterocycles. The molecule has 2 aliphatic rings. The first kappa shape index (κ1) is 28.7. The Hall–Kier alpha value is -3.30. The molecule has 1 amide bonds. The van der Waals surface area contributed by atoms with Gasteiger partial charge >= 0.3 is 0 Å². The van der Waals surface area contributed by atoms with Gasteiger partial charge in [0.2, 0.25) is 5.17 Å². The highest BCUT2D eigenvalue weighted by Gasteiger charge is 2.36. The van der Waals surface area contributed by atoms with E-state index in [1.54, 1.807) is 18.2 Å². The minimum absolute atomic E-state index is 0.0307. The third-order valence-corrected chi connectivity index (χ3v) is 7.76. The predicted octanol–water partition coefficient (Wildman–Crippen LogP) is 6.99. The maximum atomic E-state index is 12.8. The first-order chi connectivity index (χ1) is 18.7. The predicted molar refractivity (Wildman–Crippen MR) is 159 cm³/mol. The summed E-state index contributed by atoms with van der Waals surface area (Å²) in [6.45, 7) is 11.2. The fraction of sp³-hybridized carbons (Fsp3) is 0.379. The smallest absolute Gasteiger partial charge is 0.283 e. The largest absolute Gasteiger partial charge is 0.490 e. The van der Waals surface area contributed by atoms with Gasteiger partial charge in [0.15, 0.2) is 17.3 Å². The van der Waals surface area contributed by atoms with Crippen LogP contribution >= 0.6 is 23.4 Å². The average molecular weight is 569 g/mol. The minimum Gasteiger partial charge on any atom is -0.490 e. The number of aliphatic imine (C=N–C) groups is 1. The van der Waals surface area contributed by atoms with Crippen molar-refractivity contribution in [3.05, 3.63) is 58.1 Å². The van der Waals surface area contributed by atoms with Gasteiger partial charge in [-0.05, 0) is 72.5 Å². The number of nitrogens with zero attached hydrogens (tertiary/aromatic N) is 3. The van der Waals surface area contributed by atoms with Crippen molar-refractivity contribution in [1.82, 2.24) is 5.01 Å². The number of ether oxygens (including phenoxy) is 3. The monoisotopic (exact) mass is 568 g/mol. The van der Waals surface area contributed by atoms with Crippen molar-refractivity contribution in [2.24, 2.45) is 16.0 Å². The van der Waals surface area contributed by atoms with Gasteiger partial charge in [0, 0.05) is 5.92 Å². The Bertz CT molecular complexity index is 1340. The lowest BCUT2D eigenvalue weighted by molar-refractivity contribution is -0.114. The van der Waals surface area contributed by atoms with Crippen LogP contribution < -0.4 is 14.2 Å². The number of hydrogen-bond donors (Lipinski definition) is 1. The summed E-state index contributed by atoms with van der Waals surface area (Å²) in [6.07, 6.45) is 2.66. The quantitative estimate of drug-likeness (QED) is 0.232. The number of rotatable bonds is 11. The molecule has 0 fully saturated rings. The molecule has 1 N–H and O–H groups in total. The number of nitrogens with one attached hydrogen (secondary N) is 1. The van der Waals surface area contributed by atoms with E-state index in [0.29, 0.717) is 46.4 Å². The van der Waals surface area contributed by atoms with Crippen LogP contribution in [0.1, 0.15) is 58.1 Å². The van der Waals surface area contributed by atoms with E-state index in [1.807, 2.05) is 32.9 Å². The summed E-state index contributed by atoms with van der Waals surface area (Å²) in [4.78, 5) is 16.9. The Morgan fingerprint density at radius 2 is 1.79 bits per heavy atom. The molecule has 0 saturated carbocycles. The number of amidine groups is 2. The van der Waals surface area contributed by atoms with Crippen molar-refractivity contribution < 1.29 is 19.0 Å². The highest BCUT2D eigenvalue weighted by Crippen LogP contribution is 2.38. The van der Waals surface area contributed by atoms with Gasteiger partial charge in [-0.15, -0.1) is 0 Å². The Kier molecular flexibility index (Phi) is 9.35. The lowest BCUT2D eigenvalue weighted by Crippen LogP contribution is -2.35. The molecule has 2 aromatic rings. The second kappa shape index (κ2) is 12.7. The Labute approximate surface area is 238 Å². The van der Waals surface area contributed by atoms with E-state index in [0.717, 1.165) is 17.2 Å². The van der Waals surface area contributed by atoms with Crippen LogP contribution in [0.3, 0.4) is 0 Å². The van der Waals surface area contributed by atoms with Crippen LogP contribution in [0, 0.1) is 11.3 Å². The number of hydrogen-bond acceptors (Lipinski definition) is 7. The van der Waals surface area contributed by atoms with Crippen molar-refractivity contribution in [1.29, 1.82) is 5.41 Å². The number of hydrazone groups is 1. The topological polar surface area (TPSA) is 96.6 Å². The van der Waals surface area contributed by atoms with Gasteiger partial charge in [-0.25, -0.2) is 0 Å². The summed E-state index contributed by atoms with van der Waals surface area (Å²) in [5, 5.41) is 16.0. The van der Waals surface area contributed by atoms with Gasteiger partial charge in [0.1, 0.15) is 24.0 Å². The van der Waals surface area contributed by atoms with Crippen LogP contribution in [-0.2, 0) is 4.79 Å². The zero-order valence-electron chi connectivity index (χ0n) is 22.8. The van der Waals surface area contributed by atoms with E-state index in [1.165, 1.54) is 22.3 Å². The van der Waals surface area contributed by atoms with Crippen molar-refractivity contribution in [2.45, 2.75) is 47.0 Å². The summed E-state index contributed by atoms with van der Waals surface area (Å²) in [5.41, 5.74) is 1.99. The molecule has 2 aromatic carbocycles. The number of halogens is 1. The summed E-state index contributed by atoms with van der Waals surface area (Å²) in [7, 11) is 0. The van der Waals surface area contributed by atoms with E-state index < -0.39 is 5.91 Å². The van der Waals surface area contributed by atoms with Crippen LogP contribution in [-0.4, -0.2) is 46.8 Å². The number of benzene rings is 2. The number of thioether (sulfide) groups is 1. The summed E-state index contributed by atoms with van der Waals surface area (Å²) < 4.78 is 17.6. The van der Waals surface area contributed by atoms with Crippen molar-refractivity contribution >= 4 is 51.4 Å². The van der Waals surface area contributed by atoms with Crippen LogP contribution in [0.25, 0.3) is 6.08 Å². The second-order valence-electron chi connectivity index (χ2n) is 9.45. The van der Waals surface area contributed by atoms with Crippen LogP contribution in [0.2, 0.25) is 5.02 Å². The van der Waals surface area contributed by atoms with Crippen molar-refractivity contribution in [3.8, 4) is 17.2 Å². The highest BCUT2D eigenvalue weighted by molar-refractivity contribution is 8.27. The van der Waals surface area contributed by atoms with E-state index >= 15 is 0 Å². The van der Waals surface area contributed by atoms with E-state index in [4.69, 9.17) is 31.2 Å². The van der Waals surface area contributed by atoms with Gasteiger partial charge in [0.25, 0.3) is 5.91 Å². The first-order valence-corrected chi connectivity index (χ1v) is 14.2. The maximum Gasteiger partial charge on any atom is 0.283 e. The van der Waals surface area contributed by atoms with Crippen LogP contribution in [0.15, 0.2) is 52.1 Å². The van der Waals surface area contributed by atoms with Crippen molar-refractivity contribution in [3.63, 3.8) is 0 Å². The number of fused-ring (bicyclic) bond motifs is 1. The minimum atomic E-state index is -0.498. The molecule has 39 heavy (non-hydrogen) atoms. The highest BCUT2D eigenvalue weighted by atomic mass is 35.5. The molecule has 0 bridgehead atoms. The molecule has 0 aliphatic carbocycles. The SMILES string of the molecule is CCOc1cc(/C=C2/C(=N)N3N=C(C(C)C)SC3=NC2=O)cc(Cl)c1OCCOc1ccc(C(C)CC)cc1. The van der Waals surface area contributed by atoms with Crippen LogP contribution in [0.5, 0.6) is 17.2 Å². The maximum absolute atomic E-state index is 12.8. The third kappa shape index (κ3) is 6.65. The van der Waals surface area contributed by atoms with Gasteiger partial charge in [0.05, 0.1) is 17.2 Å². The molecule has 0 radical (unpaired) electrons. The summed E-state index contributed by atoms with van der Waals surface area (Å²) >= 11 is 7.90. The fourth-order valence-corrected chi connectivity index (χ4v) is 5.08. The Morgan fingerprint density at radius 3 is 2.46 bits per heavy atom. The van der Waals surface area contributed by atoms with E-state index in [2.05, 4.69) is 36.1 Å². The van der Waals surface area contributed by atoms with Gasteiger partial charge in [-0.1, -0.05) is 51.4 Å². The van der Waals surface area contributed by atoms with E-state index in [9.17, 15) is 4.79 Å². The Balaban J connectivity index is 1.46. The molecular weight excluding hydrogens is 536 g/mol. The summed E-state index contributed by atoms with van der Waals surface area (Å²) in [5.74, 6) is 1.75. The molecule has 10 heteroatoms. The summed E-state index contributed by atoms with van der Waals surface area (Å²) in [6, 6.07) is 11.5. The van der Waals surface area contributed by atoms with Gasteiger partial charge in [-0.3, -0.25) is 10.2 Å². The molecular formula is C29H33ClN4O4S. The number of carbonyl (C=O) groups excluding carboxylic acids is 1. The van der Waals surface area contributed by atoms with Gasteiger partial charge < -0.3 is 14.2 Å². The molecule has 4 rings (SSSR count). The number of amides is 1. The molecule has 0 aromatic heterocycles. The fourth-order valence-electron chi connectivity index (χ4n) is 3.91. The molecule has 8 nitrogen and oxygen atoms in total. The van der Waals surface area contributed by atoms with E-state index in [-0.39, 0.29) is 23.9 Å². The zero-order chi connectivity index (χ0) is 28.1. The molecule has 0 saturated heterocycles.